The lowest BCUT2D eigenvalue weighted by Crippen LogP contribution is -2.38. The number of carbonyl (C=O) groups excluding carboxylic acids is 2. The van der Waals surface area contributed by atoms with Crippen LogP contribution in [0.1, 0.15) is 10.4 Å². The molecular formula is C25H26N2O8S. The van der Waals surface area contributed by atoms with E-state index in [1.165, 1.54) is 58.8 Å². The topological polar surface area (TPSA) is 120 Å². The molecule has 0 saturated heterocycles. The highest BCUT2D eigenvalue weighted by molar-refractivity contribution is 7.92. The van der Waals surface area contributed by atoms with Crippen molar-refractivity contribution in [2.24, 2.45) is 0 Å². The molecule has 10 nitrogen and oxygen atoms in total. The van der Waals surface area contributed by atoms with Crippen molar-refractivity contribution >= 4 is 33.3 Å². The number of amides is 1. The largest absolute Gasteiger partial charge is 0.495 e. The van der Waals surface area contributed by atoms with Crippen LogP contribution in [0.5, 0.6) is 17.2 Å². The molecule has 0 heterocycles. The summed E-state index contributed by atoms with van der Waals surface area (Å²) in [6, 6.07) is 16.9. The minimum Gasteiger partial charge on any atom is -0.495 e. The number of sulfonamides is 1. The average Bonchev–Trinajstić information content (AvgIpc) is 2.91. The zero-order valence-corrected chi connectivity index (χ0v) is 21.0. The molecule has 0 fully saturated rings. The minimum absolute atomic E-state index is 0.00161. The molecule has 0 bridgehead atoms. The molecule has 0 radical (unpaired) electrons. The first-order valence-corrected chi connectivity index (χ1v) is 12.1. The van der Waals surface area contributed by atoms with Crippen molar-refractivity contribution in [3.8, 4) is 17.2 Å². The van der Waals surface area contributed by atoms with E-state index in [1.54, 1.807) is 36.4 Å². The van der Waals surface area contributed by atoms with Gasteiger partial charge in [0, 0.05) is 12.1 Å². The van der Waals surface area contributed by atoms with E-state index in [1.807, 2.05) is 0 Å². The Labute approximate surface area is 209 Å². The monoisotopic (exact) mass is 514 g/mol. The van der Waals surface area contributed by atoms with E-state index in [0.29, 0.717) is 0 Å². The molecule has 0 unspecified atom stereocenters. The van der Waals surface area contributed by atoms with Gasteiger partial charge in [-0.15, -0.1) is 0 Å². The molecular weight excluding hydrogens is 488 g/mol. The summed E-state index contributed by atoms with van der Waals surface area (Å²) in [5.74, 6) is -0.703. The first-order chi connectivity index (χ1) is 17.3. The van der Waals surface area contributed by atoms with Crippen LogP contribution in [0.25, 0.3) is 0 Å². The number of hydrogen-bond acceptors (Lipinski definition) is 8. The standard InChI is InChI=1S/C25H26N2O8S/c1-32-21-13-9-8-12-20(21)27(36(30,31)17-10-6-5-7-11-17)16-24(28)26-19-15-23(34-3)22(33-2)14-18(19)25(29)35-4/h5-15H,16H2,1-4H3,(H,26,28). The molecule has 0 spiro atoms. The Hall–Kier alpha value is -4.25. The molecule has 0 saturated carbocycles. The first-order valence-electron chi connectivity index (χ1n) is 10.6. The number of carbonyl (C=O) groups is 2. The van der Waals surface area contributed by atoms with Gasteiger partial charge in [0.1, 0.15) is 12.3 Å². The zero-order chi connectivity index (χ0) is 26.3. The SMILES string of the molecule is COC(=O)c1cc(OC)c(OC)cc1NC(=O)CN(c1ccccc1OC)S(=O)(=O)c1ccccc1. The van der Waals surface area contributed by atoms with Crippen LogP contribution >= 0.6 is 0 Å². The molecule has 0 aliphatic rings. The van der Waals surface area contributed by atoms with Crippen molar-refractivity contribution in [2.75, 3.05) is 44.6 Å². The highest BCUT2D eigenvalue weighted by atomic mass is 32.2. The second-order valence-electron chi connectivity index (χ2n) is 7.29. The Morgan fingerprint density at radius 2 is 1.39 bits per heavy atom. The fourth-order valence-electron chi connectivity index (χ4n) is 3.44. The summed E-state index contributed by atoms with van der Waals surface area (Å²) in [6.07, 6.45) is 0. The molecule has 36 heavy (non-hydrogen) atoms. The predicted octanol–water partition coefficient (Wildman–Crippen LogP) is 3.33. The lowest BCUT2D eigenvalue weighted by Gasteiger charge is -2.25. The van der Waals surface area contributed by atoms with Crippen molar-refractivity contribution in [2.45, 2.75) is 4.90 Å². The normalized spacial score (nSPS) is 10.8. The molecule has 0 aromatic heterocycles. The van der Waals surface area contributed by atoms with E-state index in [-0.39, 0.29) is 39.1 Å². The average molecular weight is 515 g/mol. The molecule has 1 N–H and O–H groups in total. The fourth-order valence-corrected chi connectivity index (χ4v) is 4.89. The number of anilines is 2. The van der Waals surface area contributed by atoms with Crippen LogP contribution in [0.4, 0.5) is 11.4 Å². The maximum atomic E-state index is 13.6. The second kappa shape index (κ2) is 11.5. The van der Waals surface area contributed by atoms with Crippen LogP contribution in [0.15, 0.2) is 71.6 Å². The van der Waals surface area contributed by atoms with Gasteiger partial charge >= 0.3 is 5.97 Å². The van der Waals surface area contributed by atoms with Gasteiger partial charge in [0.05, 0.1) is 50.3 Å². The highest BCUT2D eigenvalue weighted by Crippen LogP contribution is 2.35. The number of benzene rings is 3. The van der Waals surface area contributed by atoms with Crippen LogP contribution in [0, 0.1) is 0 Å². The van der Waals surface area contributed by atoms with Gasteiger partial charge in [-0.1, -0.05) is 30.3 Å². The Bertz CT molecular complexity index is 1340. The van der Waals surface area contributed by atoms with E-state index in [2.05, 4.69) is 5.32 Å². The van der Waals surface area contributed by atoms with E-state index in [4.69, 9.17) is 18.9 Å². The van der Waals surface area contributed by atoms with E-state index in [9.17, 15) is 18.0 Å². The number of rotatable bonds is 10. The van der Waals surface area contributed by atoms with Gasteiger partial charge in [0.15, 0.2) is 11.5 Å². The maximum Gasteiger partial charge on any atom is 0.340 e. The summed E-state index contributed by atoms with van der Waals surface area (Å²) in [4.78, 5) is 25.6. The molecule has 0 aliphatic heterocycles. The van der Waals surface area contributed by atoms with Crippen LogP contribution in [-0.4, -0.2) is 55.3 Å². The third kappa shape index (κ3) is 5.52. The van der Waals surface area contributed by atoms with Crippen LogP contribution < -0.4 is 23.8 Å². The predicted molar refractivity (Wildman–Crippen MR) is 133 cm³/mol. The lowest BCUT2D eigenvalue weighted by atomic mass is 10.1. The van der Waals surface area contributed by atoms with Gasteiger partial charge in [0.25, 0.3) is 10.0 Å². The minimum atomic E-state index is -4.17. The molecule has 1 amide bonds. The van der Waals surface area contributed by atoms with E-state index in [0.717, 1.165) is 4.31 Å². The Balaban J connectivity index is 2.04. The third-order valence-corrected chi connectivity index (χ3v) is 6.95. The molecule has 11 heteroatoms. The highest BCUT2D eigenvalue weighted by Gasteiger charge is 2.30. The third-order valence-electron chi connectivity index (χ3n) is 5.18. The van der Waals surface area contributed by atoms with Gasteiger partial charge in [-0.25, -0.2) is 13.2 Å². The first kappa shape index (κ1) is 26.4. The van der Waals surface area contributed by atoms with Gasteiger partial charge < -0.3 is 24.3 Å². The van der Waals surface area contributed by atoms with E-state index < -0.39 is 28.4 Å². The lowest BCUT2D eigenvalue weighted by molar-refractivity contribution is -0.114. The Morgan fingerprint density at radius 3 is 2.00 bits per heavy atom. The summed E-state index contributed by atoms with van der Waals surface area (Å²) in [6.45, 7) is -0.618. The molecule has 3 aromatic rings. The molecule has 3 aromatic carbocycles. The van der Waals surface area contributed by atoms with Crippen LogP contribution in [0.2, 0.25) is 0 Å². The van der Waals surface area contributed by atoms with Crippen molar-refractivity contribution in [3.05, 3.63) is 72.3 Å². The molecule has 0 atom stereocenters. The van der Waals surface area contributed by atoms with Gasteiger partial charge in [-0.3, -0.25) is 9.10 Å². The smallest absolute Gasteiger partial charge is 0.340 e. The van der Waals surface area contributed by atoms with Gasteiger partial charge in [-0.2, -0.15) is 0 Å². The van der Waals surface area contributed by atoms with Crippen LogP contribution in [-0.2, 0) is 19.6 Å². The number of para-hydroxylation sites is 2. The number of hydrogen-bond donors (Lipinski definition) is 1. The van der Waals surface area contributed by atoms with Gasteiger partial charge in [-0.05, 0) is 24.3 Å². The summed E-state index contributed by atoms with van der Waals surface area (Å²) in [7, 11) is 1.22. The zero-order valence-electron chi connectivity index (χ0n) is 20.2. The summed E-state index contributed by atoms with van der Waals surface area (Å²) >= 11 is 0. The van der Waals surface area contributed by atoms with Crippen molar-refractivity contribution < 1.29 is 37.0 Å². The number of esters is 1. The van der Waals surface area contributed by atoms with Crippen molar-refractivity contribution in [3.63, 3.8) is 0 Å². The van der Waals surface area contributed by atoms with E-state index >= 15 is 0 Å². The molecule has 0 aliphatic carbocycles. The number of methoxy groups -OCH3 is 4. The quantitative estimate of drug-likeness (QED) is 0.409. The summed E-state index contributed by atoms with van der Waals surface area (Å²) in [5, 5.41) is 2.59. The molecule has 190 valence electrons. The second-order valence-corrected chi connectivity index (χ2v) is 9.15. The van der Waals surface area contributed by atoms with Crippen LogP contribution in [0.3, 0.4) is 0 Å². The number of ether oxygens (including phenoxy) is 4. The summed E-state index contributed by atoms with van der Waals surface area (Å²) in [5.41, 5.74) is 0.222. The molecule has 3 rings (SSSR count). The maximum absolute atomic E-state index is 13.6. The number of nitrogens with zero attached hydrogens (tertiary/aromatic N) is 1. The van der Waals surface area contributed by atoms with Crippen molar-refractivity contribution in [1.29, 1.82) is 0 Å². The fraction of sp³-hybridized carbons (Fsp3) is 0.200. The van der Waals surface area contributed by atoms with Gasteiger partial charge in [0.2, 0.25) is 5.91 Å². The van der Waals surface area contributed by atoms with Crippen molar-refractivity contribution in [1.82, 2.24) is 0 Å². The Morgan fingerprint density at radius 1 is 0.806 bits per heavy atom. The number of nitrogens with one attached hydrogen (secondary N) is 1. The Kier molecular flexibility index (Phi) is 8.38. The summed E-state index contributed by atoms with van der Waals surface area (Å²) < 4.78 is 48.7.